The molecule has 0 aliphatic carbocycles. The second-order valence-electron chi connectivity index (χ2n) is 14.0. The van der Waals surface area contributed by atoms with Gasteiger partial charge in [-0.15, -0.1) is 5.10 Å². The van der Waals surface area contributed by atoms with Crippen LogP contribution in [0, 0.1) is 0 Å². The first-order valence-corrected chi connectivity index (χ1v) is 21.5. The number of aromatic amines is 3. The summed E-state index contributed by atoms with van der Waals surface area (Å²) in [7, 11) is -4.06. The molecule has 58 heavy (non-hydrogen) atoms. The summed E-state index contributed by atoms with van der Waals surface area (Å²) < 4.78 is 35.7. The van der Waals surface area contributed by atoms with Crippen LogP contribution < -0.4 is 10.1 Å². The number of unbranched alkanes of at least 4 members (excludes halogenated alkanes) is 1. The standard InChI is InChI=1S/C41H38ClN9O5S2/c1-3-4-9-35-45-36(37(42)46-35)34(21-25-10-14-26(15-11-25)29-7-5-6-8-30(29)39-48-50-51-49-39)58(54,55)28-18-19-31-32(22-28)44-38(43-31)23(2)56-27-16-12-24(13-17-27)20-33-40(52)47-41(53)57-33/h5-8,10-19,22-23,33-34H,3-4,9,20-21H2,1-2H3,(H,43,44)(H,45,46)(H,47,52,53)(H,48,49,50,51). The van der Waals surface area contributed by atoms with Gasteiger partial charge in [0.25, 0.3) is 5.24 Å². The average Bonchev–Trinajstić information content (AvgIpc) is 4.04. The Balaban J connectivity index is 1.04. The van der Waals surface area contributed by atoms with Crippen LogP contribution in [0.15, 0.2) is 95.9 Å². The Hall–Kier alpha value is -5.84. The van der Waals surface area contributed by atoms with Gasteiger partial charge in [0.05, 0.1) is 26.9 Å². The fourth-order valence-electron chi connectivity index (χ4n) is 6.95. The van der Waals surface area contributed by atoms with E-state index in [-0.39, 0.29) is 27.6 Å². The summed E-state index contributed by atoms with van der Waals surface area (Å²) in [5.41, 5.74) is 5.82. The molecule has 296 valence electrons. The Labute approximate surface area is 342 Å². The zero-order chi connectivity index (χ0) is 40.4. The predicted molar refractivity (Wildman–Crippen MR) is 221 cm³/mol. The van der Waals surface area contributed by atoms with Crippen molar-refractivity contribution in [1.82, 2.24) is 45.9 Å². The normalized spacial score (nSPS) is 15.5. The molecule has 17 heteroatoms. The maximum Gasteiger partial charge on any atom is 0.286 e. The lowest BCUT2D eigenvalue weighted by molar-refractivity contribution is -0.118. The number of benzene rings is 4. The molecular formula is C41H38ClN9O5S2. The number of aromatic nitrogens is 8. The third-order valence-electron chi connectivity index (χ3n) is 10.0. The molecule has 2 amide bonds. The molecule has 1 aliphatic heterocycles. The van der Waals surface area contributed by atoms with Crippen molar-refractivity contribution in [2.24, 2.45) is 0 Å². The minimum atomic E-state index is -4.06. The number of aryl methyl sites for hydroxylation is 1. The number of halogens is 1. The van der Waals surface area contributed by atoms with Crippen LogP contribution in [0.5, 0.6) is 5.75 Å². The molecule has 4 N–H and O–H groups in total. The van der Waals surface area contributed by atoms with Gasteiger partial charge in [-0.05, 0) is 89.2 Å². The van der Waals surface area contributed by atoms with Gasteiger partial charge in [0, 0.05) is 12.0 Å². The first-order chi connectivity index (χ1) is 28.0. The molecule has 0 spiro atoms. The summed E-state index contributed by atoms with van der Waals surface area (Å²) in [5.74, 6) is 2.00. The average molecular weight is 836 g/mol. The fraction of sp³-hybridized carbons (Fsp3) is 0.244. The van der Waals surface area contributed by atoms with Gasteiger partial charge >= 0.3 is 0 Å². The Morgan fingerprint density at radius 2 is 1.67 bits per heavy atom. The van der Waals surface area contributed by atoms with Crippen molar-refractivity contribution >= 4 is 55.4 Å². The summed E-state index contributed by atoms with van der Waals surface area (Å²) in [6, 6.07) is 27.7. The summed E-state index contributed by atoms with van der Waals surface area (Å²) in [6.07, 6.45) is 2.52. The number of carbonyl (C=O) groups excluding carboxylic acids is 2. The lowest BCUT2D eigenvalue weighted by Crippen LogP contribution is -2.25. The topological polar surface area (TPSA) is 201 Å². The number of thioether (sulfide) groups is 1. The number of hydrogen-bond acceptors (Lipinski definition) is 11. The molecule has 8 rings (SSSR count). The molecule has 0 bridgehead atoms. The number of fused-ring (bicyclic) bond motifs is 1. The van der Waals surface area contributed by atoms with Gasteiger partial charge in [-0.2, -0.15) is 0 Å². The lowest BCUT2D eigenvalue weighted by Gasteiger charge is -2.18. The van der Waals surface area contributed by atoms with E-state index in [1.165, 1.54) is 0 Å². The van der Waals surface area contributed by atoms with Crippen molar-refractivity contribution in [1.29, 1.82) is 0 Å². The number of rotatable bonds is 15. The smallest absolute Gasteiger partial charge is 0.286 e. The van der Waals surface area contributed by atoms with Gasteiger partial charge in [-0.25, -0.2) is 23.5 Å². The highest BCUT2D eigenvalue weighted by atomic mass is 35.5. The molecule has 3 aromatic heterocycles. The molecule has 3 unspecified atom stereocenters. The zero-order valence-corrected chi connectivity index (χ0v) is 33.8. The maximum absolute atomic E-state index is 14.7. The lowest BCUT2D eigenvalue weighted by atomic mass is 9.97. The zero-order valence-electron chi connectivity index (χ0n) is 31.4. The third kappa shape index (κ3) is 8.26. The van der Waals surface area contributed by atoms with Crippen LogP contribution in [0.1, 0.15) is 66.5 Å². The van der Waals surface area contributed by atoms with Crippen LogP contribution in [0.4, 0.5) is 4.79 Å². The van der Waals surface area contributed by atoms with Crippen molar-refractivity contribution in [2.75, 3.05) is 0 Å². The van der Waals surface area contributed by atoms with Crippen molar-refractivity contribution in [3.8, 4) is 28.3 Å². The van der Waals surface area contributed by atoms with Crippen molar-refractivity contribution < 1.29 is 22.7 Å². The van der Waals surface area contributed by atoms with Gasteiger partial charge in [0.15, 0.2) is 26.9 Å². The number of carbonyl (C=O) groups is 2. The summed E-state index contributed by atoms with van der Waals surface area (Å²) in [4.78, 5) is 39.4. The number of imide groups is 1. The largest absolute Gasteiger partial charge is 0.483 e. The number of imidazole rings is 2. The predicted octanol–water partition coefficient (Wildman–Crippen LogP) is 7.92. The molecular weight excluding hydrogens is 798 g/mol. The molecule has 1 aliphatic rings. The highest BCUT2D eigenvalue weighted by Crippen LogP contribution is 2.37. The molecule has 3 atom stereocenters. The minimum Gasteiger partial charge on any atom is -0.483 e. The van der Waals surface area contributed by atoms with E-state index in [2.05, 4.69) is 47.8 Å². The summed E-state index contributed by atoms with van der Waals surface area (Å²) in [5, 5.41) is 14.9. The molecule has 1 saturated heterocycles. The summed E-state index contributed by atoms with van der Waals surface area (Å²) in [6.45, 7) is 3.92. The van der Waals surface area contributed by atoms with Gasteiger partial charge < -0.3 is 14.7 Å². The monoisotopic (exact) mass is 835 g/mol. The molecule has 0 saturated carbocycles. The maximum atomic E-state index is 14.7. The van der Waals surface area contributed by atoms with Gasteiger partial charge in [0.2, 0.25) is 5.91 Å². The minimum absolute atomic E-state index is 0.104. The number of sulfone groups is 1. The second kappa shape index (κ2) is 16.6. The quantitative estimate of drug-likeness (QED) is 0.0782. The van der Waals surface area contributed by atoms with Crippen LogP contribution in [-0.2, 0) is 33.9 Å². The number of ether oxygens (including phenoxy) is 1. The van der Waals surface area contributed by atoms with E-state index in [0.717, 1.165) is 52.4 Å². The summed E-state index contributed by atoms with van der Waals surface area (Å²) >= 11 is 7.71. The molecule has 4 heterocycles. The van der Waals surface area contributed by atoms with E-state index >= 15 is 0 Å². The van der Waals surface area contributed by atoms with Crippen molar-refractivity contribution in [3.05, 3.63) is 125 Å². The van der Waals surface area contributed by atoms with E-state index < -0.39 is 26.4 Å². The Bertz CT molecular complexity index is 2700. The Morgan fingerprint density at radius 3 is 2.38 bits per heavy atom. The van der Waals surface area contributed by atoms with Crippen molar-refractivity contribution in [2.45, 2.75) is 67.5 Å². The molecule has 0 radical (unpaired) electrons. The van der Waals surface area contributed by atoms with Crippen LogP contribution >= 0.6 is 23.4 Å². The number of hydrogen-bond donors (Lipinski definition) is 4. The number of amides is 2. The Kier molecular flexibility index (Phi) is 11.1. The molecule has 14 nitrogen and oxygen atoms in total. The van der Waals surface area contributed by atoms with Crippen LogP contribution in [0.25, 0.3) is 33.5 Å². The van der Waals surface area contributed by atoms with E-state index in [9.17, 15) is 18.0 Å². The van der Waals surface area contributed by atoms with Gasteiger partial charge in [-0.1, -0.05) is 97.4 Å². The van der Waals surface area contributed by atoms with Crippen molar-refractivity contribution in [3.63, 3.8) is 0 Å². The molecule has 7 aromatic rings. The first kappa shape index (κ1) is 39.0. The van der Waals surface area contributed by atoms with Gasteiger partial charge in [-0.3, -0.25) is 14.9 Å². The number of tetrazole rings is 1. The molecule has 1 fully saturated rings. The van der Waals surface area contributed by atoms with E-state index in [1.54, 1.807) is 30.3 Å². The first-order valence-electron chi connectivity index (χ1n) is 18.7. The van der Waals surface area contributed by atoms with E-state index in [0.29, 0.717) is 52.8 Å². The third-order valence-corrected chi connectivity index (χ3v) is 13.4. The van der Waals surface area contributed by atoms with Crippen LogP contribution in [-0.4, -0.2) is 65.4 Å². The highest BCUT2D eigenvalue weighted by molar-refractivity contribution is 8.15. The number of nitrogens with one attached hydrogen (secondary N) is 4. The van der Waals surface area contributed by atoms with Crippen LogP contribution in [0.2, 0.25) is 5.15 Å². The number of H-pyrrole nitrogens is 3. The SMILES string of the molecule is CCCCc1nc(Cl)c(C(Cc2ccc(-c3ccccc3-c3nnn[nH]3)cc2)S(=O)(=O)c2ccc3nc(C(C)Oc4ccc(CC5SC(=O)NC5=O)cc4)[nH]c3c2)[nH]1. The Morgan fingerprint density at radius 1 is 0.914 bits per heavy atom. The molecule has 4 aromatic carbocycles. The van der Waals surface area contributed by atoms with E-state index in [4.69, 9.17) is 21.3 Å². The van der Waals surface area contributed by atoms with Crippen LogP contribution in [0.3, 0.4) is 0 Å². The second-order valence-corrected chi connectivity index (χ2v) is 17.7. The highest BCUT2D eigenvalue weighted by Gasteiger charge is 2.34. The van der Waals surface area contributed by atoms with E-state index in [1.807, 2.05) is 67.6 Å². The number of nitrogens with zero attached hydrogens (tertiary/aromatic N) is 5. The fourth-order valence-corrected chi connectivity index (χ4v) is 9.92. The van der Waals surface area contributed by atoms with Gasteiger partial charge in [0.1, 0.15) is 22.6 Å².